The lowest BCUT2D eigenvalue weighted by Gasteiger charge is -2.25. The summed E-state index contributed by atoms with van der Waals surface area (Å²) in [5.74, 6) is -0.709. The van der Waals surface area contributed by atoms with Crippen LogP contribution in [0.2, 0.25) is 0 Å². The minimum absolute atomic E-state index is 0.0606. The quantitative estimate of drug-likeness (QED) is 0.669. The predicted octanol–water partition coefficient (Wildman–Crippen LogP) is 2.09. The first-order valence-electron chi connectivity index (χ1n) is 5.72. The van der Waals surface area contributed by atoms with Gasteiger partial charge in [0.1, 0.15) is 0 Å². The lowest BCUT2D eigenvalue weighted by atomic mass is 10.0. The van der Waals surface area contributed by atoms with Crippen LogP contribution >= 0.6 is 0 Å². The molecule has 1 atom stereocenters. The van der Waals surface area contributed by atoms with E-state index in [0.29, 0.717) is 6.42 Å². The van der Waals surface area contributed by atoms with E-state index in [1.165, 1.54) is 12.1 Å². The first-order chi connectivity index (χ1) is 8.42. The fraction of sp³-hybridized carbons (Fsp3) is 0.417. The Morgan fingerprint density at radius 1 is 1.33 bits per heavy atom. The van der Waals surface area contributed by atoms with Gasteiger partial charge in [-0.05, 0) is 12.5 Å². The van der Waals surface area contributed by atoms with Gasteiger partial charge in [-0.1, -0.05) is 31.5 Å². The Morgan fingerprint density at radius 2 is 2.00 bits per heavy atom. The van der Waals surface area contributed by atoms with Crippen LogP contribution < -0.4 is 0 Å². The number of cyclic esters (lactones) is 1. The largest absolute Gasteiger partial charge is 0.432 e. The third kappa shape index (κ3) is 1.81. The number of ether oxygens (including phenoxy) is 1. The van der Waals surface area contributed by atoms with Gasteiger partial charge in [-0.15, -0.1) is 0 Å². The Morgan fingerprint density at radius 3 is 2.61 bits per heavy atom. The molecule has 1 aliphatic rings. The molecule has 1 aromatic carbocycles. The van der Waals surface area contributed by atoms with Gasteiger partial charge in [0.2, 0.25) is 0 Å². The zero-order chi connectivity index (χ0) is 13.4. The molecule has 1 aliphatic heterocycles. The third-order valence-electron chi connectivity index (χ3n) is 3.09. The lowest BCUT2D eigenvalue weighted by molar-refractivity contribution is 0.0193. The smallest absolute Gasteiger partial charge is 0.340 e. The van der Waals surface area contributed by atoms with Crippen molar-refractivity contribution in [2.75, 3.05) is 0 Å². The highest BCUT2D eigenvalue weighted by molar-refractivity contribution is 7.86. The van der Waals surface area contributed by atoms with Gasteiger partial charge in [-0.25, -0.2) is 4.79 Å². The van der Waals surface area contributed by atoms with Crippen molar-refractivity contribution in [2.45, 2.75) is 31.1 Å². The molecule has 1 aromatic rings. The van der Waals surface area contributed by atoms with Crippen LogP contribution in [-0.2, 0) is 19.8 Å². The first kappa shape index (κ1) is 13.0. The number of benzene rings is 1. The Kier molecular flexibility index (Phi) is 3.16. The van der Waals surface area contributed by atoms with Crippen molar-refractivity contribution in [1.82, 2.24) is 0 Å². The van der Waals surface area contributed by atoms with Crippen LogP contribution in [0.5, 0.6) is 0 Å². The fourth-order valence-corrected chi connectivity index (χ4v) is 3.21. The minimum atomic E-state index is -4.53. The molecule has 1 unspecified atom stereocenters. The molecule has 0 aliphatic carbocycles. The molecule has 0 fully saturated rings. The second-order valence-electron chi connectivity index (χ2n) is 4.27. The molecule has 1 N–H and O–H groups in total. The van der Waals surface area contributed by atoms with Crippen molar-refractivity contribution in [3.8, 4) is 0 Å². The second kappa shape index (κ2) is 4.37. The Labute approximate surface area is 106 Å². The van der Waals surface area contributed by atoms with Crippen molar-refractivity contribution in [1.29, 1.82) is 0 Å². The molecule has 0 aromatic heterocycles. The van der Waals surface area contributed by atoms with Gasteiger partial charge in [0, 0.05) is 12.0 Å². The van der Waals surface area contributed by atoms with Gasteiger partial charge in [0.05, 0.1) is 5.56 Å². The average molecular weight is 270 g/mol. The maximum absolute atomic E-state index is 11.7. The van der Waals surface area contributed by atoms with E-state index in [0.717, 1.165) is 6.42 Å². The summed E-state index contributed by atoms with van der Waals surface area (Å²) in [7, 11) is -4.53. The Balaban J connectivity index is 2.61. The summed E-state index contributed by atoms with van der Waals surface area (Å²) in [5.41, 5.74) is 0.428. The standard InChI is InChI=1S/C12H14O5S/c1-2-3-8-12(18(14,15)16)10-7-5-4-6-9(10)11(13)17-12/h4-7H,2-3,8H2,1H3,(H,14,15,16). The highest BCUT2D eigenvalue weighted by atomic mass is 32.2. The zero-order valence-electron chi connectivity index (χ0n) is 9.92. The fourth-order valence-electron chi connectivity index (χ4n) is 2.17. The second-order valence-corrected chi connectivity index (χ2v) is 5.88. The van der Waals surface area contributed by atoms with Crippen LogP contribution in [0.3, 0.4) is 0 Å². The van der Waals surface area contributed by atoms with E-state index in [-0.39, 0.29) is 17.5 Å². The third-order valence-corrected chi connectivity index (χ3v) is 4.43. The van der Waals surface area contributed by atoms with Crippen LogP contribution in [0.1, 0.15) is 42.1 Å². The number of hydrogen-bond donors (Lipinski definition) is 1. The number of esters is 1. The van der Waals surface area contributed by atoms with E-state index in [2.05, 4.69) is 0 Å². The number of fused-ring (bicyclic) bond motifs is 1. The SMILES string of the molecule is CCCCC1(S(=O)(=O)O)OC(=O)c2ccccc21. The molecule has 1 heterocycles. The van der Waals surface area contributed by atoms with Crippen molar-refractivity contribution < 1.29 is 22.5 Å². The first-order valence-corrected chi connectivity index (χ1v) is 7.16. The van der Waals surface area contributed by atoms with Crippen molar-refractivity contribution in [3.05, 3.63) is 35.4 Å². The molecule has 0 saturated carbocycles. The number of rotatable bonds is 4. The number of carbonyl (C=O) groups is 1. The minimum Gasteiger partial charge on any atom is -0.432 e. The molecule has 0 bridgehead atoms. The lowest BCUT2D eigenvalue weighted by Crippen LogP contribution is -2.35. The van der Waals surface area contributed by atoms with Crippen LogP contribution in [0.15, 0.2) is 24.3 Å². The normalized spacial score (nSPS) is 22.7. The highest BCUT2D eigenvalue weighted by Gasteiger charge is 2.54. The maximum Gasteiger partial charge on any atom is 0.340 e. The molecule has 5 nitrogen and oxygen atoms in total. The molecule has 0 spiro atoms. The molecule has 0 amide bonds. The van der Waals surface area contributed by atoms with Crippen LogP contribution in [0.4, 0.5) is 0 Å². The summed E-state index contributed by atoms with van der Waals surface area (Å²) < 4.78 is 37.8. The summed E-state index contributed by atoms with van der Waals surface area (Å²) in [6.07, 6.45) is 1.32. The molecule has 18 heavy (non-hydrogen) atoms. The van der Waals surface area contributed by atoms with Gasteiger partial charge >= 0.3 is 16.1 Å². The van der Waals surface area contributed by atoms with Gasteiger partial charge in [-0.2, -0.15) is 8.42 Å². The monoisotopic (exact) mass is 270 g/mol. The maximum atomic E-state index is 11.7. The molecule has 2 rings (SSSR count). The Bertz CT molecular complexity index is 578. The summed E-state index contributed by atoms with van der Waals surface area (Å²) in [4.78, 5) is 9.76. The van der Waals surface area contributed by atoms with Gasteiger partial charge in [-0.3, -0.25) is 4.55 Å². The number of hydrogen-bond acceptors (Lipinski definition) is 4. The van der Waals surface area contributed by atoms with E-state index >= 15 is 0 Å². The molecular weight excluding hydrogens is 256 g/mol. The predicted molar refractivity (Wildman–Crippen MR) is 64.6 cm³/mol. The molecule has 0 radical (unpaired) electrons. The van der Waals surface area contributed by atoms with E-state index in [4.69, 9.17) is 4.74 Å². The average Bonchev–Trinajstić information content (AvgIpc) is 2.61. The van der Waals surface area contributed by atoms with Gasteiger partial charge in [0.15, 0.2) is 0 Å². The van der Waals surface area contributed by atoms with E-state index in [9.17, 15) is 17.8 Å². The topological polar surface area (TPSA) is 80.7 Å². The van der Waals surface area contributed by atoms with Crippen LogP contribution in [-0.4, -0.2) is 18.9 Å². The molecular formula is C12H14O5S. The van der Waals surface area contributed by atoms with Crippen molar-refractivity contribution >= 4 is 16.1 Å². The molecule has 6 heteroatoms. The summed E-state index contributed by atoms with van der Waals surface area (Å²) in [6, 6.07) is 6.24. The Hall–Kier alpha value is -1.40. The van der Waals surface area contributed by atoms with E-state index in [1.54, 1.807) is 12.1 Å². The van der Waals surface area contributed by atoms with Gasteiger partial charge in [0.25, 0.3) is 4.93 Å². The highest BCUT2D eigenvalue weighted by Crippen LogP contribution is 2.43. The van der Waals surface area contributed by atoms with Gasteiger partial charge < -0.3 is 4.74 Å². The number of unbranched alkanes of at least 4 members (excludes halogenated alkanes) is 1. The molecule has 98 valence electrons. The van der Waals surface area contributed by atoms with Crippen LogP contribution in [0, 0.1) is 0 Å². The zero-order valence-corrected chi connectivity index (χ0v) is 10.7. The van der Waals surface area contributed by atoms with Crippen molar-refractivity contribution in [3.63, 3.8) is 0 Å². The summed E-state index contributed by atoms with van der Waals surface area (Å²) in [6.45, 7) is 1.89. The summed E-state index contributed by atoms with van der Waals surface area (Å²) >= 11 is 0. The van der Waals surface area contributed by atoms with E-state index in [1.807, 2.05) is 6.92 Å². The number of carbonyl (C=O) groups excluding carboxylic acids is 1. The van der Waals surface area contributed by atoms with Crippen molar-refractivity contribution in [2.24, 2.45) is 0 Å². The summed E-state index contributed by atoms with van der Waals surface area (Å²) in [5, 5.41) is 0. The molecule has 0 saturated heterocycles. The van der Waals surface area contributed by atoms with Crippen LogP contribution in [0.25, 0.3) is 0 Å². The van der Waals surface area contributed by atoms with E-state index < -0.39 is 21.0 Å².